The maximum Gasteiger partial charge on any atom is 0.419 e. The quantitative estimate of drug-likeness (QED) is 0.382. The number of alkyl halides is 4. The third kappa shape index (κ3) is 2.44. The third-order valence-corrected chi connectivity index (χ3v) is 2.11. The number of Topliss-reactive ketones (excluding diaryl/α,β-unsaturated/α-hetero) is 1. The molecule has 0 unspecified atom stereocenters. The first kappa shape index (κ1) is 12.8. The number of rotatable bonds is 2. The summed E-state index contributed by atoms with van der Waals surface area (Å²) >= 11 is 5.18. The lowest BCUT2D eigenvalue weighted by Gasteiger charge is -2.11. The molecule has 7 heteroatoms. The van der Waals surface area contributed by atoms with Gasteiger partial charge in [-0.2, -0.15) is 13.2 Å². The first-order chi connectivity index (χ1) is 7.27. The number of carbonyl (C=O) groups excluding carboxylic acids is 1. The molecule has 2 nitrogen and oxygen atoms in total. The summed E-state index contributed by atoms with van der Waals surface area (Å²) in [6, 6.07) is 0.831. The Kier molecular flexibility index (Phi) is 3.42. The van der Waals surface area contributed by atoms with Gasteiger partial charge < -0.3 is 5.73 Å². The predicted molar refractivity (Wildman–Crippen MR) is 50.9 cm³/mol. The van der Waals surface area contributed by atoms with Crippen molar-refractivity contribution in [3.63, 3.8) is 0 Å². The van der Waals surface area contributed by atoms with Crippen molar-refractivity contribution >= 4 is 23.1 Å². The van der Waals surface area contributed by atoms with Crippen molar-refractivity contribution in [1.29, 1.82) is 0 Å². The summed E-state index contributed by atoms with van der Waals surface area (Å²) in [6.45, 7) is 0. The van der Waals surface area contributed by atoms with E-state index in [-0.39, 0.29) is 5.69 Å². The van der Waals surface area contributed by atoms with E-state index in [1.807, 2.05) is 0 Å². The van der Waals surface area contributed by atoms with Gasteiger partial charge in [0.25, 0.3) is 0 Å². The minimum Gasteiger partial charge on any atom is -0.398 e. The smallest absolute Gasteiger partial charge is 0.398 e. The lowest BCUT2D eigenvalue weighted by Crippen LogP contribution is -2.13. The minimum absolute atomic E-state index is 0.365. The highest BCUT2D eigenvalue weighted by Crippen LogP contribution is 2.33. The molecule has 16 heavy (non-hydrogen) atoms. The van der Waals surface area contributed by atoms with Crippen molar-refractivity contribution in [2.75, 3.05) is 11.6 Å². The highest BCUT2D eigenvalue weighted by molar-refractivity contribution is 6.31. The minimum atomic E-state index is -4.88. The van der Waals surface area contributed by atoms with Crippen LogP contribution in [0.3, 0.4) is 0 Å². The van der Waals surface area contributed by atoms with Gasteiger partial charge in [-0.3, -0.25) is 4.79 Å². The topological polar surface area (TPSA) is 43.1 Å². The molecule has 0 aliphatic heterocycles. The lowest BCUT2D eigenvalue weighted by molar-refractivity contribution is -0.139. The Morgan fingerprint density at radius 1 is 1.38 bits per heavy atom. The number of hydrogen-bond acceptors (Lipinski definition) is 2. The van der Waals surface area contributed by atoms with Gasteiger partial charge in [0.15, 0.2) is 5.78 Å². The van der Waals surface area contributed by atoms with E-state index in [1.54, 1.807) is 0 Å². The standard InChI is InChI=1S/C9H6ClF4NO/c10-3-8(16)4-1-5(9(12,13)14)6(11)2-7(4)15/h1-2H,3,15H2. The summed E-state index contributed by atoms with van der Waals surface area (Å²) in [5.41, 5.74) is 2.90. The van der Waals surface area contributed by atoms with E-state index in [9.17, 15) is 22.4 Å². The van der Waals surface area contributed by atoms with Crippen LogP contribution in [0, 0.1) is 5.82 Å². The molecular formula is C9H6ClF4NO. The van der Waals surface area contributed by atoms with Crippen LogP contribution in [0.25, 0.3) is 0 Å². The van der Waals surface area contributed by atoms with Crippen molar-refractivity contribution in [2.24, 2.45) is 0 Å². The van der Waals surface area contributed by atoms with E-state index < -0.39 is 34.8 Å². The Labute approximate surface area is 93.0 Å². The van der Waals surface area contributed by atoms with Crippen LogP contribution in [0.4, 0.5) is 23.2 Å². The third-order valence-electron chi connectivity index (χ3n) is 1.87. The van der Waals surface area contributed by atoms with Gasteiger partial charge in [0.2, 0.25) is 0 Å². The number of nitrogens with two attached hydrogens (primary N) is 1. The Morgan fingerprint density at radius 2 is 1.94 bits per heavy atom. The number of anilines is 1. The Bertz CT molecular complexity index is 430. The van der Waals surface area contributed by atoms with Gasteiger partial charge in [0.1, 0.15) is 5.82 Å². The second kappa shape index (κ2) is 4.29. The molecule has 0 amide bonds. The average molecular weight is 256 g/mol. The van der Waals surface area contributed by atoms with Gasteiger partial charge in [-0.25, -0.2) is 4.39 Å². The first-order valence-electron chi connectivity index (χ1n) is 4.02. The molecule has 0 spiro atoms. The van der Waals surface area contributed by atoms with Crippen LogP contribution < -0.4 is 5.73 Å². The molecular weight excluding hydrogens is 250 g/mol. The highest BCUT2D eigenvalue weighted by atomic mass is 35.5. The zero-order chi connectivity index (χ0) is 12.5. The molecule has 0 saturated carbocycles. The predicted octanol–water partition coefficient (Wildman–Crippen LogP) is 2.85. The van der Waals surface area contributed by atoms with E-state index in [0.717, 1.165) is 0 Å². The molecule has 0 saturated heterocycles. The van der Waals surface area contributed by atoms with Gasteiger partial charge >= 0.3 is 6.18 Å². The molecule has 0 aromatic heterocycles. The summed E-state index contributed by atoms with van der Waals surface area (Å²) in [7, 11) is 0. The van der Waals surface area contributed by atoms with Crippen LogP contribution in [0.15, 0.2) is 12.1 Å². The van der Waals surface area contributed by atoms with Crippen LogP contribution in [0.2, 0.25) is 0 Å². The maximum absolute atomic E-state index is 12.9. The molecule has 0 bridgehead atoms. The van der Waals surface area contributed by atoms with Crippen LogP contribution in [-0.2, 0) is 6.18 Å². The number of nitrogen functional groups attached to an aromatic ring is 1. The molecule has 1 aromatic carbocycles. The average Bonchev–Trinajstić information content (AvgIpc) is 2.14. The van der Waals surface area contributed by atoms with Gasteiger partial charge in [-0.1, -0.05) is 0 Å². The molecule has 2 N–H and O–H groups in total. The fourth-order valence-corrected chi connectivity index (χ4v) is 1.26. The number of halogens is 5. The molecule has 0 aliphatic rings. The van der Waals surface area contributed by atoms with Gasteiger partial charge in [-0.15, -0.1) is 11.6 Å². The Hall–Kier alpha value is -1.30. The van der Waals surface area contributed by atoms with Gasteiger partial charge in [-0.05, 0) is 12.1 Å². The van der Waals surface area contributed by atoms with Gasteiger partial charge in [0, 0.05) is 11.3 Å². The van der Waals surface area contributed by atoms with E-state index in [4.69, 9.17) is 17.3 Å². The van der Waals surface area contributed by atoms with Crippen LogP contribution in [0.5, 0.6) is 0 Å². The number of ketones is 1. The number of carbonyl (C=O) groups is 1. The normalized spacial score (nSPS) is 11.6. The zero-order valence-electron chi connectivity index (χ0n) is 7.74. The summed E-state index contributed by atoms with van der Waals surface area (Å²) in [5.74, 6) is -2.83. The van der Waals surface area contributed by atoms with Crippen LogP contribution >= 0.6 is 11.6 Å². The Balaban J connectivity index is 3.39. The van der Waals surface area contributed by atoms with Crippen molar-refractivity contribution in [2.45, 2.75) is 6.18 Å². The van der Waals surface area contributed by atoms with Crippen molar-refractivity contribution in [3.8, 4) is 0 Å². The monoisotopic (exact) mass is 255 g/mol. The van der Waals surface area contributed by atoms with E-state index >= 15 is 0 Å². The molecule has 0 radical (unpaired) electrons. The summed E-state index contributed by atoms with van der Waals surface area (Å²) in [6.07, 6.45) is -4.88. The lowest BCUT2D eigenvalue weighted by atomic mass is 10.0. The fraction of sp³-hybridized carbons (Fsp3) is 0.222. The molecule has 0 atom stereocenters. The number of benzene rings is 1. The van der Waals surface area contributed by atoms with Crippen molar-refractivity contribution in [3.05, 3.63) is 29.1 Å². The molecule has 88 valence electrons. The summed E-state index contributed by atoms with van der Waals surface area (Å²) < 4.78 is 49.9. The summed E-state index contributed by atoms with van der Waals surface area (Å²) in [4.78, 5) is 11.1. The second-order valence-corrected chi connectivity index (χ2v) is 3.24. The van der Waals surface area contributed by atoms with E-state index in [1.165, 1.54) is 0 Å². The fourth-order valence-electron chi connectivity index (χ4n) is 1.12. The zero-order valence-corrected chi connectivity index (χ0v) is 8.49. The van der Waals surface area contributed by atoms with Crippen LogP contribution in [0.1, 0.15) is 15.9 Å². The summed E-state index contributed by atoms with van der Waals surface area (Å²) in [5, 5.41) is 0. The van der Waals surface area contributed by atoms with Crippen molar-refractivity contribution in [1.82, 2.24) is 0 Å². The molecule has 1 rings (SSSR count). The van der Waals surface area contributed by atoms with Crippen LogP contribution in [-0.4, -0.2) is 11.7 Å². The van der Waals surface area contributed by atoms with E-state index in [0.29, 0.717) is 12.1 Å². The molecule has 1 aromatic rings. The molecule has 0 aliphatic carbocycles. The maximum atomic E-state index is 12.9. The highest BCUT2D eigenvalue weighted by Gasteiger charge is 2.35. The first-order valence-corrected chi connectivity index (χ1v) is 4.56. The number of hydrogen-bond donors (Lipinski definition) is 1. The van der Waals surface area contributed by atoms with Crippen molar-refractivity contribution < 1.29 is 22.4 Å². The largest absolute Gasteiger partial charge is 0.419 e. The SMILES string of the molecule is Nc1cc(F)c(C(F)(F)F)cc1C(=O)CCl. The second-order valence-electron chi connectivity index (χ2n) is 2.97. The Morgan fingerprint density at radius 3 is 2.38 bits per heavy atom. The van der Waals surface area contributed by atoms with Gasteiger partial charge in [0.05, 0.1) is 11.4 Å². The molecule has 0 fully saturated rings. The molecule has 0 heterocycles. The van der Waals surface area contributed by atoms with E-state index in [2.05, 4.69) is 0 Å².